The summed E-state index contributed by atoms with van der Waals surface area (Å²) in [6.45, 7) is 2.06. The van der Waals surface area contributed by atoms with Crippen LogP contribution < -0.4 is 4.90 Å². The zero-order valence-corrected chi connectivity index (χ0v) is 17.5. The van der Waals surface area contributed by atoms with Crippen LogP contribution in [0.15, 0.2) is 73.1 Å². The van der Waals surface area contributed by atoms with Gasteiger partial charge in [0, 0.05) is 38.6 Å². The van der Waals surface area contributed by atoms with E-state index in [9.17, 15) is 9.59 Å². The molecule has 0 bridgehead atoms. The minimum atomic E-state index is -0.484. The maximum atomic E-state index is 13.1. The molecule has 1 aliphatic heterocycles. The van der Waals surface area contributed by atoms with E-state index in [1.54, 1.807) is 23.4 Å². The van der Waals surface area contributed by atoms with Crippen LogP contribution >= 0.6 is 0 Å². The summed E-state index contributed by atoms with van der Waals surface area (Å²) < 4.78 is 5.50. The largest absolute Gasteiger partial charge is 0.452 e. The number of piperazine rings is 1. The van der Waals surface area contributed by atoms with Crippen molar-refractivity contribution in [3.63, 3.8) is 0 Å². The number of anilines is 1. The molecule has 7 heteroatoms. The first-order chi connectivity index (χ1) is 15.7. The number of aromatic nitrogens is 2. The molecule has 160 valence electrons. The van der Waals surface area contributed by atoms with Crippen molar-refractivity contribution in [1.29, 1.82) is 0 Å². The normalized spacial score (nSPS) is 14.0. The Morgan fingerprint density at radius 2 is 1.41 bits per heavy atom. The van der Waals surface area contributed by atoms with Gasteiger partial charge in [0.05, 0.1) is 5.56 Å². The summed E-state index contributed by atoms with van der Waals surface area (Å²) >= 11 is 0. The van der Waals surface area contributed by atoms with E-state index in [2.05, 4.69) is 16.0 Å². The summed E-state index contributed by atoms with van der Waals surface area (Å²) in [6, 6.07) is 19.3. The van der Waals surface area contributed by atoms with E-state index in [0.717, 1.165) is 21.5 Å². The van der Waals surface area contributed by atoms with Gasteiger partial charge < -0.3 is 14.5 Å². The summed E-state index contributed by atoms with van der Waals surface area (Å²) in [5, 5.41) is 3.56. The third-order valence-electron chi connectivity index (χ3n) is 5.77. The quantitative estimate of drug-likeness (QED) is 0.368. The number of fused-ring (bicyclic) bond motifs is 2. The van der Waals surface area contributed by atoms with Crippen molar-refractivity contribution < 1.29 is 14.3 Å². The summed E-state index contributed by atoms with van der Waals surface area (Å²) in [6.07, 6.45) is 3.41. The lowest BCUT2D eigenvalue weighted by molar-refractivity contribution is -0.134. The number of carbonyl (C=O) groups excluding carboxylic acids is 2. The average molecular weight is 426 g/mol. The van der Waals surface area contributed by atoms with Crippen molar-refractivity contribution >= 4 is 39.4 Å². The lowest BCUT2D eigenvalue weighted by Gasteiger charge is -2.34. The number of nitrogens with zero attached hydrogens (tertiary/aromatic N) is 4. The standard InChI is InChI=1S/C25H22N4O3/c30-22(28-12-14-29(15-13-28)25-26-10-5-11-27-25)17-32-24(31)23-20-8-3-1-6-18(20)16-19-7-2-4-9-21(19)23/h1-11,16H,12-15,17H2. The zero-order valence-electron chi connectivity index (χ0n) is 17.5. The molecule has 0 aliphatic carbocycles. The van der Waals surface area contributed by atoms with E-state index < -0.39 is 5.97 Å². The van der Waals surface area contributed by atoms with Crippen LogP contribution in [0.4, 0.5) is 5.95 Å². The van der Waals surface area contributed by atoms with E-state index >= 15 is 0 Å². The van der Waals surface area contributed by atoms with Gasteiger partial charge >= 0.3 is 5.97 Å². The molecule has 0 unspecified atom stereocenters. The Balaban J connectivity index is 1.28. The Hall–Kier alpha value is -4.00. The van der Waals surface area contributed by atoms with Gasteiger partial charge in [-0.3, -0.25) is 4.79 Å². The molecule has 0 saturated carbocycles. The average Bonchev–Trinajstić information content (AvgIpc) is 2.86. The Morgan fingerprint density at radius 3 is 2.03 bits per heavy atom. The number of esters is 1. The molecule has 7 nitrogen and oxygen atoms in total. The van der Waals surface area contributed by atoms with Crippen LogP contribution in [0.1, 0.15) is 10.4 Å². The number of hydrogen-bond acceptors (Lipinski definition) is 6. The van der Waals surface area contributed by atoms with Crippen LogP contribution in [0.3, 0.4) is 0 Å². The Morgan fingerprint density at radius 1 is 0.812 bits per heavy atom. The Labute approximate surface area is 185 Å². The fraction of sp³-hybridized carbons (Fsp3) is 0.200. The van der Waals surface area contributed by atoms with Crippen molar-refractivity contribution in [2.75, 3.05) is 37.7 Å². The van der Waals surface area contributed by atoms with Crippen LogP contribution in [0.25, 0.3) is 21.5 Å². The molecule has 1 saturated heterocycles. The van der Waals surface area contributed by atoms with Crippen molar-refractivity contribution in [1.82, 2.24) is 14.9 Å². The molecule has 0 N–H and O–H groups in total. The van der Waals surface area contributed by atoms with Gasteiger partial charge in [0.25, 0.3) is 5.91 Å². The Bertz CT molecular complexity index is 1230. The second kappa shape index (κ2) is 8.63. The van der Waals surface area contributed by atoms with Crippen molar-refractivity contribution in [2.24, 2.45) is 0 Å². The van der Waals surface area contributed by atoms with E-state index in [1.807, 2.05) is 53.4 Å². The second-order valence-electron chi connectivity index (χ2n) is 7.69. The molecule has 0 radical (unpaired) electrons. The molecule has 0 atom stereocenters. The molecule has 1 aliphatic rings. The first-order valence-corrected chi connectivity index (χ1v) is 10.6. The number of amides is 1. The lowest BCUT2D eigenvalue weighted by Crippen LogP contribution is -2.50. The number of ether oxygens (including phenoxy) is 1. The zero-order chi connectivity index (χ0) is 21.9. The Kier molecular flexibility index (Phi) is 5.37. The van der Waals surface area contributed by atoms with E-state index in [-0.39, 0.29) is 12.5 Å². The molecule has 1 aromatic heterocycles. The highest BCUT2D eigenvalue weighted by atomic mass is 16.5. The third kappa shape index (κ3) is 3.85. The van der Waals surface area contributed by atoms with Gasteiger partial charge in [-0.15, -0.1) is 0 Å². The number of benzene rings is 3. The van der Waals surface area contributed by atoms with Gasteiger partial charge in [-0.1, -0.05) is 48.5 Å². The predicted octanol–water partition coefficient (Wildman–Crippen LogP) is 3.29. The van der Waals surface area contributed by atoms with Gasteiger partial charge in [0.2, 0.25) is 5.95 Å². The highest BCUT2D eigenvalue weighted by Gasteiger charge is 2.24. The summed E-state index contributed by atoms with van der Waals surface area (Å²) in [5.41, 5.74) is 0.498. The topological polar surface area (TPSA) is 75.6 Å². The van der Waals surface area contributed by atoms with Gasteiger partial charge in [0.1, 0.15) is 0 Å². The van der Waals surface area contributed by atoms with Gasteiger partial charge in [-0.05, 0) is 33.7 Å². The first kappa shape index (κ1) is 19.9. The van der Waals surface area contributed by atoms with E-state index in [0.29, 0.717) is 37.7 Å². The molecule has 1 fully saturated rings. The molecule has 3 aromatic carbocycles. The third-order valence-corrected chi connectivity index (χ3v) is 5.77. The van der Waals surface area contributed by atoms with Crippen LogP contribution in [-0.4, -0.2) is 59.5 Å². The number of carbonyl (C=O) groups is 2. The maximum absolute atomic E-state index is 13.1. The van der Waals surface area contributed by atoms with Crippen LogP contribution in [0.5, 0.6) is 0 Å². The van der Waals surface area contributed by atoms with Gasteiger partial charge in [-0.2, -0.15) is 0 Å². The van der Waals surface area contributed by atoms with Crippen molar-refractivity contribution in [3.05, 3.63) is 78.6 Å². The summed E-state index contributed by atoms with van der Waals surface area (Å²) in [5.74, 6) is -0.0203. The summed E-state index contributed by atoms with van der Waals surface area (Å²) in [7, 11) is 0. The van der Waals surface area contributed by atoms with E-state index in [1.165, 1.54) is 0 Å². The first-order valence-electron chi connectivity index (χ1n) is 10.6. The van der Waals surface area contributed by atoms with Crippen LogP contribution in [0.2, 0.25) is 0 Å². The summed E-state index contributed by atoms with van der Waals surface area (Å²) in [4.78, 5) is 38.1. The number of rotatable bonds is 4. The fourth-order valence-electron chi connectivity index (χ4n) is 4.13. The maximum Gasteiger partial charge on any atom is 0.339 e. The lowest BCUT2D eigenvalue weighted by atomic mass is 9.97. The highest BCUT2D eigenvalue weighted by molar-refractivity contribution is 6.16. The predicted molar refractivity (Wildman–Crippen MR) is 123 cm³/mol. The molecule has 0 spiro atoms. The van der Waals surface area contributed by atoms with Gasteiger partial charge in [-0.25, -0.2) is 14.8 Å². The molecule has 32 heavy (non-hydrogen) atoms. The highest BCUT2D eigenvalue weighted by Crippen LogP contribution is 2.29. The molecule has 2 heterocycles. The fourth-order valence-corrected chi connectivity index (χ4v) is 4.13. The minimum absolute atomic E-state index is 0.198. The van der Waals surface area contributed by atoms with E-state index in [4.69, 9.17) is 4.74 Å². The number of hydrogen-bond donors (Lipinski definition) is 0. The van der Waals surface area contributed by atoms with Crippen LogP contribution in [-0.2, 0) is 9.53 Å². The van der Waals surface area contributed by atoms with Gasteiger partial charge in [0.15, 0.2) is 6.61 Å². The monoisotopic (exact) mass is 426 g/mol. The second-order valence-corrected chi connectivity index (χ2v) is 7.69. The van der Waals surface area contributed by atoms with Crippen molar-refractivity contribution in [3.8, 4) is 0 Å². The molecule has 1 amide bonds. The molecule has 4 aromatic rings. The molecule has 5 rings (SSSR count). The smallest absolute Gasteiger partial charge is 0.339 e. The SMILES string of the molecule is O=C(OCC(=O)N1CCN(c2ncccn2)CC1)c1c2ccccc2cc2ccccc12. The molecular weight excluding hydrogens is 404 g/mol. The minimum Gasteiger partial charge on any atom is -0.452 e. The molecular formula is C25H22N4O3. The van der Waals surface area contributed by atoms with Crippen molar-refractivity contribution in [2.45, 2.75) is 0 Å². The van der Waals surface area contributed by atoms with Crippen LogP contribution in [0, 0.1) is 0 Å².